The van der Waals surface area contributed by atoms with Crippen LogP contribution >= 0.6 is 11.6 Å². The van der Waals surface area contributed by atoms with Crippen molar-refractivity contribution in [1.82, 2.24) is 14.8 Å². The maximum absolute atomic E-state index is 13.8. The fraction of sp³-hybridized carbons (Fsp3) is 0.176. The molecule has 3 aromatic rings. The van der Waals surface area contributed by atoms with E-state index in [1.165, 1.54) is 6.20 Å². The van der Waals surface area contributed by atoms with Gasteiger partial charge in [0.25, 0.3) is 5.88 Å². The molecule has 0 aliphatic heterocycles. The second-order valence-electron chi connectivity index (χ2n) is 5.11. The van der Waals surface area contributed by atoms with Crippen LogP contribution in [-0.4, -0.2) is 26.5 Å². The van der Waals surface area contributed by atoms with E-state index >= 15 is 0 Å². The summed E-state index contributed by atoms with van der Waals surface area (Å²) in [6.45, 7) is 0.769. The van der Waals surface area contributed by atoms with Gasteiger partial charge >= 0.3 is 0 Å². The predicted molar refractivity (Wildman–Crippen MR) is 88.6 cm³/mol. The minimum atomic E-state index is -0.624. The summed E-state index contributed by atoms with van der Waals surface area (Å²) in [5.41, 5.74) is 1.60. The topological polar surface area (TPSA) is 60.2 Å². The van der Waals surface area contributed by atoms with Crippen LogP contribution in [0.25, 0.3) is 11.3 Å². The van der Waals surface area contributed by atoms with Crippen molar-refractivity contribution in [3.63, 3.8) is 0 Å². The molecule has 1 aromatic carbocycles. The highest BCUT2D eigenvalue weighted by Crippen LogP contribution is 2.27. The van der Waals surface area contributed by atoms with Crippen LogP contribution < -0.4 is 4.74 Å². The van der Waals surface area contributed by atoms with Gasteiger partial charge in [0.2, 0.25) is 0 Å². The number of ether oxygens (including phenoxy) is 1. The maximum atomic E-state index is 13.8. The molecular weight excluding hydrogens is 333 g/mol. The van der Waals surface area contributed by atoms with E-state index in [9.17, 15) is 4.39 Å². The van der Waals surface area contributed by atoms with E-state index in [1.54, 1.807) is 22.9 Å². The summed E-state index contributed by atoms with van der Waals surface area (Å²) in [7, 11) is 0. The molecule has 0 saturated heterocycles. The number of aryl methyl sites for hydroxylation is 1. The zero-order valence-electron chi connectivity index (χ0n) is 12.7. The number of rotatable bonds is 6. The van der Waals surface area contributed by atoms with Crippen molar-refractivity contribution in [3.8, 4) is 22.9 Å². The number of aromatic nitrogens is 3. The van der Waals surface area contributed by atoms with Gasteiger partial charge in [-0.1, -0.05) is 23.7 Å². The van der Waals surface area contributed by atoms with Gasteiger partial charge in [0.1, 0.15) is 5.75 Å². The number of aliphatic hydroxyl groups is 1. The molecule has 3 rings (SSSR count). The van der Waals surface area contributed by atoms with Gasteiger partial charge in [0.15, 0.2) is 5.82 Å². The van der Waals surface area contributed by atoms with Crippen LogP contribution in [0.4, 0.5) is 4.39 Å². The van der Waals surface area contributed by atoms with Crippen molar-refractivity contribution in [1.29, 1.82) is 0 Å². The zero-order valence-corrected chi connectivity index (χ0v) is 13.4. The quantitative estimate of drug-likeness (QED) is 0.734. The molecule has 5 nitrogen and oxygen atoms in total. The first-order valence-corrected chi connectivity index (χ1v) is 7.77. The Bertz CT molecular complexity index is 838. The lowest BCUT2D eigenvalue weighted by atomic mass is 10.1. The number of hydrogen-bond acceptors (Lipinski definition) is 4. The normalized spacial score (nSPS) is 10.8. The van der Waals surface area contributed by atoms with E-state index < -0.39 is 5.82 Å². The average Bonchev–Trinajstić information content (AvgIpc) is 3.05. The molecule has 2 aromatic heterocycles. The summed E-state index contributed by atoms with van der Waals surface area (Å²) in [5.74, 6) is -0.308. The molecule has 7 heteroatoms. The van der Waals surface area contributed by atoms with Crippen LogP contribution in [-0.2, 0) is 6.54 Å². The van der Waals surface area contributed by atoms with Crippen molar-refractivity contribution in [3.05, 3.63) is 59.6 Å². The third-order valence-corrected chi connectivity index (χ3v) is 3.51. The highest BCUT2D eigenvalue weighted by Gasteiger charge is 2.09. The smallest absolute Gasteiger partial charge is 0.255 e. The highest BCUT2D eigenvalue weighted by atomic mass is 35.5. The van der Waals surface area contributed by atoms with Crippen molar-refractivity contribution >= 4 is 11.6 Å². The molecule has 24 heavy (non-hydrogen) atoms. The Labute approximate surface area is 143 Å². The molecule has 0 spiro atoms. The number of pyridine rings is 1. The molecule has 0 fully saturated rings. The molecule has 0 aliphatic rings. The van der Waals surface area contributed by atoms with Crippen LogP contribution in [0.5, 0.6) is 11.6 Å². The van der Waals surface area contributed by atoms with E-state index in [-0.39, 0.29) is 17.5 Å². The Morgan fingerprint density at radius 1 is 1.25 bits per heavy atom. The lowest BCUT2D eigenvalue weighted by Crippen LogP contribution is -2.00. The van der Waals surface area contributed by atoms with Crippen LogP contribution in [0, 0.1) is 5.82 Å². The molecule has 0 unspecified atom stereocenters. The number of hydrogen-bond donors (Lipinski definition) is 1. The molecule has 0 amide bonds. The molecule has 0 aliphatic carbocycles. The Kier molecular flexibility index (Phi) is 5.08. The summed E-state index contributed by atoms with van der Waals surface area (Å²) in [4.78, 5) is 3.84. The van der Waals surface area contributed by atoms with Gasteiger partial charge in [-0.3, -0.25) is 4.68 Å². The van der Waals surface area contributed by atoms with Gasteiger partial charge in [0.05, 0.1) is 10.7 Å². The SMILES string of the molecule is OCCCn1ccc(-c2cccc(Oc3ncc(Cl)cc3F)c2)n1. The molecule has 1 N–H and O–H groups in total. The predicted octanol–water partition coefficient (Wildman–Crippen LogP) is 3.91. The third-order valence-electron chi connectivity index (χ3n) is 3.30. The minimum absolute atomic E-state index is 0.123. The average molecular weight is 348 g/mol. The first kappa shape index (κ1) is 16.4. The zero-order chi connectivity index (χ0) is 16.9. The maximum Gasteiger partial charge on any atom is 0.255 e. The molecule has 124 valence electrons. The molecule has 0 saturated carbocycles. The minimum Gasteiger partial charge on any atom is -0.436 e. The van der Waals surface area contributed by atoms with Crippen molar-refractivity contribution in [2.45, 2.75) is 13.0 Å². The van der Waals surface area contributed by atoms with Crippen molar-refractivity contribution in [2.75, 3.05) is 6.61 Å². The number of halogens is 2. The number of aliphatic hydroxyl groups excluding tert-OH is 1. The van der Waals surface area contributed by atoms with E-state index in [0.29, 0.717) is 18.7 Å². The Morgan fingerprint density at radius 3 is 2.92 bits per heavy atom. The number of nitrogens with zero attached hydrogens (tertiary/aromatic N) is 3. The summed E-state index contributed by atoms with van der Waals surface area (Å²) in [6, 6.07) is 10.2. The Balaban J connectivity index is 1.80. The lowest BCUT2D eigenvalue weighted by Gasteiger charge is -2.07. The van der Waals surface area contributed by atoms with Gasteiger partial charge in [-0.2, -0.15) is 5.10 Å². The van der Waals surface area contributed by atoms with Crippen molar-refractivity contribution in [2.24, 2.45) is 0 Å². The Morgan fingerprint density at radius 2 is 2.12 bits per heavy atom. The van der Waals surface area contributed by atoms with E-state index in [1.807, 2.05) is 18.3 Å². The van der Waals surface area contributed by atoms with Gasteiger partial charge < -0.3 is 9.84 Å². The van der Waals surface area contributed by atoms with Gasteiger partial charge in [-0.25, -0.2) is 9.37 Å². The fourth-order valence-electron chi connectivity index (χ4n) is 2.18. The second kappa shape index (κ2) is 7.42. The fourth-order valence-corrected chi connectivity index (χ4v) is 2.33. The molecule has 0 bridgehead atoms. The largest absolute Gasteiger partial charge is 0.436 e. The Hall–Kier alpha value is -2.44. The van der Waals surface area contributed by atoms with Gasteiger partial charge in [0, 0.05) is 31.1 Å². The van der Waals surface area contributed by atoms with E-state index in [2.05, 4.69) is 10.1 Å². The summed E-state index contributed by atoms with van der Waals surface area (Å²) >= 11 is 5.68. The first-order valence-electron chi connectivity index (χ1n) is 7.39. The molecule has 2 heterocycles. The van der Waals surface area contributed by atoms with E-state index in [4.69, 9.17) is 21.4 Å². The molecule has 0 atom stereocenters. The monoisotopic (exact) mass is 347 g/mol. The van der Waals surface area contributed by atoms with Crippen LogP contribution in [0.1, 0.15) is 6.42 Å². The number of benzene rings is 1. The second-order valence-corrected chi connectivity index (χ2v) is 5.55. The summed E-state index contributed by atoms with van der Waals surface area (Å²) in [5, 5.41) is 13.5. The van der Waals surface area contributed by atoms with Crippen molar-refractivity contribution < 1.29 is 14.2 Å². The van der Waals surface area contributed by atoms with Crippen LogP contribution in [0.15, 0.2) is 48.8 Å². The third kappa shape index (κ3) is 3.90. The van der Waals surface area contributed by atoms with Gasteiger partial charge in [-0.15, -0.1) is 0 Å². The summed E-state index contributed by atoms with van der Waals surface area (Å²) in [6.07, 6.45) is 3.82. The summed E-state index contributed by atoms with van der Waals surface area (Å²) < 4.78 is 21.0. The lowest BCUT2D eigenvalue weighted by molar-refractivity contribution is 0.277. The van der Waals surface area contributed by atoms with Crippen LogP contribution in [0.2, 0.25) is 5.02 Å². The van der Waals surface area contributed by atoms with Gasteiger partial charge in [-0.05, 0) is 30.7 Å². The van der Waals surface area contributed by atoms with E-state index in [0.717, 1.165) is 17.3 Å². The van der Waals surface area contributed by atoms with Crippen LogP contribution in [0.3, 0.4) is 0 Å². The molecular formula is C17H15ClFN3O2. The highest BCUT2D eigenvalue weighted by molar-refractivity contribution is 6.30. The first-order chi connectivity index (χ1) is 11.7. The standard InChI is InChI=1S/C17H15ClFN3O2/c18-13-10-15(19)17(20-11-13)24-14-4-1-3-12(9-14)16-5-7-22(21-16)6-2-8-23/h1,3-5,7,9-11,23H,2,6,8H2. The molecule has 0 radical (unpaired) electrons.